The smallest absolute Gasteiger partial charge is 0.266 e. The lowest BCUT2D eigenvalue weighted by molar-refractivity contribution is -0.112. The fraction of sp³-hybridized carbons (Fsp3) is 0.0476. The first-order valence-corrected chi connectivity index (χ1v) is 8.87. The van der Waals surface area contributed by atoms with Crippen LogP contribution in [0.3, 0.4) is 0 Å². The van der Waals surface area contributed by atoms with E-state index in [2.05, 4.69) is 5.32 Å². The Labute approximate surface area is 167 Å². The normalized spacial score (nSPS) is 11.1. The van der Waals surface area contributed by atoms with E-state index in [0.29, 0.717) is 21.4 Å². The number of aryl methyl sites for hydroxylation is 1. The van der Waals surface area contributed by atoms with E-state index in [9.17, 15) is 10.1 Å². The van der Waals surface area contributed by atoms with Crippen molar-refractivity contribution in [3.05, 3.63) is 87.7 Å². The Morgan fingerprint density at radius 2 is 1.89 bits per heavy atom. The van der Waals surface area contributed by atoms with Crippen molar-refractivity contribution in [1.29, 1.82) is 5.26 Å². The molecule has 4 nitrogen and oxygen atoms in total. The number of benzene rings is 2. The van der Waals surface area contributed by atoms with Gasteiger partial charge in [0, 0.05) is 22.6 Å². The van der Waals surface area contributed by atoms with Crippen molar-refractivity contribution in [3.8, 4) is 11.8 Å². The van der Waals surface area contributed by atoms with Crippen LogP contribution >= 0.6 is 23.2 Å². The number of nitriles is 1. The van der Waals surface area contributed by atoms with Gasteiger partial charge in [-0.3, -0.25) is 4.79 Å². The number of para-hydroxylation sites is 1. The highest BCUT2D eigenvalue weighted by molar-refractivity contribution is 6.34. The van der Waals surface area contributed by atoms with Crippen LogP contribution in [0.4, 0.5) is 5.69 Å². The Bertz CT molecular complexity index is 1080. The van der Waals surface area contributed by atoms with E-state index >= 15 is 0 Å². The standard InChI is InChI=1S/C21H15Cl2N3O/c1-14-8-9-17(12-19(14)23)26-10-4-5-16(26)11-15(13-24)21(27)25-20-7-3-2-6-18(20)22/h2-12H,1H3,(H,25,27)/b15-11-. The molecule has 0 bridgehead atoms. The summed E-state index contributed by atoms with van der Waals surface area (Å²) in [5.41, 5.74) is 2.91. The van der Waals surface area contributed by atoms with Gasteiger partial charge in [0.25, 0.3) is 5.91 Å². The summed E-state index contributed by atoms with van der Waals surface area (Å²) in [5, 5.41) is 13.1. The van der Waals surface area contributed by atoms with E-state index in [4.69, 9.17) is 23.2 Å². The lowest BCUT2D eigenvalue weighted by Crippen LogP contribution is -2.14. The summed E-state index contributed by atoms with van der Waals surface area (Å²) in [6.07, 6.45) is 3.37. The van der Waals surface area contributed by atoms with Crippen LogP contribution in [0.2, 0.25) is 10.0 Å². The molecule has 2 aromatic carbocycles. The molecule has 0 saturated carbocycles. The largest absolute Gasteiger partial charge is 0.320 e. The zero-order valence-corrected chi connectivity index (χ0v) is 15.9. The molecule has 3 rings (SSSR count). The molecule has 0 spiro atoms. The first-order valence-electron chi connectivity index (χ1n) is 8.11. The minimum Gasteiger partial charge on any atom is -0.320 e. The van der Waals surface area contributed by atoms with Crippen LogP contribution in [0, 0.1) is 18.3 Å². The van der Waals surface area contributed by atoms with Crippen molar-refractivity contribution in [2.75, 3.05) is 5.32 Å². The SMILES string of the molecule is Cc1ccc(-n2cccc2/C=C(/C#N)C(=O)Nc2ccccc2Cl)cc1Cl. The minimum absolute atomic E-state index is 0.0342. The van der Waals surface area contributed by atoms with Crippen molar-refractivity contribution < 1.29 is 4.79 Å². The molecule has 134 valence electrons. The van der Waals surface area contributed by atoms with Crippen molar-refractivity contribution in [2.45, 2.75) is 6.92 Å². The molecule has 1 N–H and O–H groups in total. The molecule has 1 amide bonds. The summed E-state index contributed by atoms with van der Waals surface area (Å²) < 4.78 is 1.85. The van der Waals surface area contributed by atoms with Gasteiger partial charge in [-0.05, 0) is 55.0 Å². The number of halogens is 2. The molecule has 0 aliphatic heterocycles. The first kappa shape index (κ1) is 18.8. The number of aromatic nitrogens is 1. The lowest BCUT2D eigenvalue weighted by atomic mass is 10.2. The van der Waals surface area contributed by atoms with Crippen molar-refractivity contribution in [2.24, 2.45) is 0 Å². The Kier molecular flexibility index (Phi) is 5.66. The molecule has 27 heavy (non-hydrogen) atoms. The molecule has 3 aromatic rings. The molecule has 1 heterocycles. The van der Waals surface area contributed by atoms with Gasteiger partial charge >= 0.3 is 0 Å². The second-order valence-electron chi connectivity index (χ2n) is 5.84. The van der Waals surface area contributed by atoms with Crippen LogP contribution in [0.1, 0.15) is 11.3 Å². The number of carbonyl (C=O) groups is 1. The summed E-state index contributed by atoms with van der Waals surface area (Å²) >= 11 is 12.3. The number of nitrogens with one attached hydrogen (secondary N) is 1. The molecule has 0 radical (unpaired) electrons. The van der Waals surface area contributed by atoms with Crippen LogP contribution in [0.5, 0.6) is 0 Å². The number of hydrogen-bond acceptors (Lipinski definition) is 2. The number of hydrogen-bond donors (Lipinski definition) is 1. The van der Waals surface area contributed by atoms with Crippen molar-refractivity contribution >= 4 is 40.9 Å². The zero-order chi connectivity index (χ0) is 19.4. The highest BCUT2D eigenvalue weighted by atomic mass is 35.5. The third-order valence-electron chi connectivity index (χ3n) is 3.99. The van der Waals surface area contributed by atoms with E-state index in [0.717, 1.165) is 11.3 Å². The van der Waals surface area contributed by atoms with Gasteiger partial charge in [-0.1, -0.05) is 41.4 Å². The number of nitrogens with zero attached hydrogens (tertiary/aromatic N) is 2. The molecule has 0 aliphatic carbocycles. The van der Waals surface area contributed by atoms with Crippen LogP contribution in [0.25, 0.3) is 11.8 Å². The number of amides is 1. The average Bonchev–Trinajstić information content (AvgIpc) is 3.12. The van der Waals surface area contributed by atoms with Crippen LogP contribution in [-0.2, 0) is 4.79 Å². The summed E-state index contributed by atoms with van der Waals surface area (Å²) in [5.74, 6) is -0.528. The molecule has 6 heteroatoms. The second-order valence-corrected chi connectivity index (χ2v) is 6.65. The molecule has 0 atom stereocenters. The Morgan fingerprint density at radius 3 is 2.59 bits per heavy atom. The summed E-state index contributed by atoms with van der Waals surface area (Å²) in [6.45, 7) is 1.93. The number of rotatable bonds is 4. The average molecular weight is 396 g/mol. The van der Waals surface area contributed by atoms with Gasteiger partial charge in [-0.2, -0.15) is 5.26 Å². The van der Waals surface area contributed by atoms with Gasteiger partial charge < -0.3 is 9.88 Å². The molecule has 0 unspecified atom stereocenters. The number of anilines is 1. The molecular formula is C21H15Cl2N3O. The van der Waals surface area contributed by atoms with Crippen LogP contribution < -0.4 is 5.32 Å². The summed E-state index contributed by atoms with van der Waals surface area (Å²) in [4.78, 5) is 12.5. The van der Waals surface area contributed by atoms with Crippen molar-refractivity contribution in [1.82, 2.24) is 4.57 Å². The van der Waals surface area contributed by atoms with Gasteiger partial charge in [0.05, 0.1) is 10.7 Å². The highest BCUT2D eigenvalue weighted by Gasteiger charge is 2.13. The molecule has 0 saturated heterocycles. The van der Waals surface area contributed by atoms with Gasteiger partial charge in [0.1, 0.15) is 11.6 Å². The Morgan fingerprint density at radius 1 is 1.11 bits per heavy atom. The zero-order valence-electron chi connectivity index (χ0n) is 14.4. The molecule has 0 aliphatic rings. The maximum Gasteiger partial charge on any atom is 0.266 e. The van der Waals surface area contributed by atoms with E-state index in [1.54, 1.807) is 24.3 Å². The third-order valence-corrected chi connectivity index (χ3v) is 4.73. The van der Waals surface area contributed by atoms with Crippen LogP contribution in [0.15, 0.2) is 66.4 Å². The van der Waals surface area contributed by atoms with Gasteiger partial charge in [0.2, 0.25) is 0 Å². The predicted octanol–water partition coefficient (Wildman–Crippen LogP) is 5.64. The van der Waals surface area contributed by atoms with Crippen molar-refractivity contribution in [3.63, 3.8) is 0 Å². The highest BCUT2D eigenvalue weighted by Crippen LogP contribution is 2.23. The quantitative estimate of drug-likeness (QED) is 0.459. The number of carbonyl (C=O) groups excluding carboxylic acids is 1. The Balaban J connectivity index is 1.92. The third kappa shape index (κ3) is 4.22. The van der Waals surface area contributed by atoms with Crippen LogP contribution in [-0.4, -0.2) is 10.5 Å². The van der Waals surface area contributed by atoms with E-state index < -0.39 is 5.91 Å². The predicted molar refractivity (Wildman–Crippen MR) is 109 cm³/mol. The van der Waals surface area contributed by atoms with Gasteiger partial charge in [0.15, 0.2) is 0 Å². The maximum absolute atomic E-state index is 12.5. The first-order chi connectivity index (χ1) is 13.0. The fourth-order valence-electron chi connectivity index (χ4n) is 2.53. The lowest BCUT2D eigenvalue weighted by Gasteiger charge is -2.09. The van der Waals surface area contributed by atoms with Gasteiger partial charge in [-0.25, -0.2) is 0 Å². The molecule has 0 fully saturated rings. The topological polar surface area (TPSA) is 57.8 Å². The summed E-state index contributed by atoms with van der Waals surface area (Å²) in [6, 6.07) is 18.1. The second kappa shape index (κ2) is 8.13. The minimum atomic E-state index is -0.528. The monoisotopic (exact) mass is 395 g/mol. The maximum atomic E-state index is 12.5. The fourth-order valence-corrected chi connectivity index (χ4v) is 2.88. The Hall–Kier alpha value is -3.00. The van der Waals surface area contributed by atoms with E-state index in [-0.39, 0.29) is 5.57 Å². The van der Waals surface area contributed by atoms with Gasteiger partial charge in [-0.15, -0.1) is 0 Å². The van der Waals surface area contributed by atoms with E-state index in [1.807, 2.05) is 54.1 Å². The van der Waals surface area contributed by atoms with E-state index in [1.165, 1.54) is 6.08 Å². The molecular weight excluding hydrogens is 381 g/mol. The molecule has 1 aromatic heterocycles. The summed E-state index contributed by atoms with van der Waals surface area (Å²) in [7, 11) is 0.